The number of carbonyl (C=O) groups excluding carboxylic acids is 3. The standard InChI is InChI=1S/C21H19FN2O5/c22-12-18(25)15(11-21(28)29)23-19(26)9-10-20(27)24-16-7-3-1-5-13(16)14-6-2-4-8-17(14)24/h1-8,15H,9-12H2,(H,23,26)(H,28,29). The number of halogens is 1. The average molecular weight is 398 g/mol. The number of carboxylic acid groups (broad SMARTS) is 1. The summed E-state index contributed by atoms with van der Waals surface area (Å²) in [5.41, 5.74) is 1.44. The van der Waals surface area contributed by atoms with E-state index >= 15 is 0 Å². The number of amides is 1. The Morgan fingerprint density at radius 2 is 1.48 bits per heavy atom. The van der Waals surface area contributed by atoms with E-state index in [4.69, 9.17) is 5.11 Å². The van der Waals surface area contributed by atoms with Gasteiger partial charge in [-0.3, -0.25) is 23.7 Å². The van der Waals surface area contributed by atoms with Gasteiger partial charge in [-0.2, -0.15) is 0 Å². The quantitative estimate of drug-likeness (QED) is 0.607. The Balaban J connectivity index is 1.76. The molecule has 2 N–H and O–H groups in total. The average Bonchev–Trinajstić information content (AvgIpc) is 3.05. The molecule has 7 nitrogen and oxygen atoms in total. The third-order valence-electron chi connectivity index (χ3n) is 4.63. The van der Waals surface area contributed by atoms with Gasteiger partial charge in [0.1, 0.15) is 12.7 Å². The number of nitrogens with one attached hydrogen (secondary N) is 1. The fourth-order valence-corrected chi connectivity index (χ4v) is 3.30. The van der Waals surface area contributed by atoms with Gasteiger partial charge >= 0.3 is 5.97 Å². The highest BCUT2D eigenvalue weighted by Gasteiger charge is 2.24. The molecular formula is C21H19FN2O5. The largest absolute Gasteiger partial charge is 0.481 e. The van der Waals surface area contributed by atoms with Crippen LogP contribution < -0.4 is 5.32 Å². The van der Waals surface area contributed by atoms with E-state index < -0.39 is 36.8 Å². The molecule has 1 aromatic heterocycles. The molecule has 0 aliphatic carbocycles. The molecule has 3 rings (SSSR count). The van der Waals surface area contributed by atoms with Gasteiger partial charge < -0.3 is 10.4 Å². The third kappa shape index (κ3) is 4.31. The summed E-state index contributed by atoms with van der Waals surface area (Å²) in [6.07, 6.45) is -1.12. The first-order valence-corrected chi connectivity index (χ1v) is 9.03. The summed E-state index contributed by atoms with van der Waals surface area (Å²) in [6, 6.07) is 13.4. The zero-order chi connectivity index (χ0) is 21.0. The number of carboxylic acids is 1. The summed E-state index contributed by atoms with van der Waals surface area (Å²) in [6.45, 7) is -1.38. The van der Waals surface area contributed by atoms with Crippen LogP contribution in [0.4, 0.5) is 4.39 Å². The normalized spacial score (nSPS) is 12.0. The number of hydrogen-bond acceptors (Lipinski definition) is 4. The number of para-hydroxylation sites is 2. The van der Waals surface area contributed by atoms with Gasteiger partial charge in [-0.25, -0.2) is 4.39 Å². The first-order valence-electron chi connectivity index (χ1n) is 9.03. The van der Waals surface area contributed by atoms with Crippen molar-refractivity contribution in [3.63, 3.8) is 0 Å². The first-order chi connectivity index (χ1) is 13.9. The maximum absolute atomic E-state index is 12.9. The molecule has 0 saturated heterocycles. The highest BCUT2D eigenvalue weighted by atomic mass is 19.1. The van der Waals surface area contributed by atoms with E-state index in [0.717, 1.165) is 21.8 Å². The molecule has 0 bridgehead atoms. The van der Waals surface area contributed by atoms with Gasteiger partial charge in [-0.05, 0) is 12.1 Å². The van der Waals surface area contributed by atoms with Crippen molar-refractivity contribution in [1.29, 1.82) is 0 Å². The van der Waals surface area contributed by atoms with Gasteiger partial charge in [-0.15, -0.1) is 0 Å². The maximum Gasteiger partial charge on any atom is 0.305 e. The molecule has 0 spiro atoms. The Hall–Kier alpha value is -3.55. The molecule has 1 atom stereocenters. The molecule has 0 fully saturated rings. The maximum atomic E-state index is 12.9. The van der Waals surface area contributed by atoms with E-state index in [2.05, 4.69) is 5.32 Å². The van der Waals surface area contributed by atoms with Crippen molar-refractivity contribution < 1.29 is 28.7 Å². The number of aliphatic carboxylic acids is 1. The molecule has 0 radical (unpaired) electrons. The van der Waals surface area contributed by atoms with E-state index in [1.54, 1.807) is 4.57 Å². The van der Waals surface area contributed by atoms with Gasteiger partial charge in [0.15, 0.2) is 5.78 Å². The topological polar surface area (TPSA) is 105 Å². The summed E-state index contributed by atoms with van der Waals surface area (Å²) in [5, 5.41) is 12.8. The summed E-state index contributed by atoms with van der Waals surface area (Å²) < 4.78 is 14.1. The van der Waals surface area contributed by atoms with Gasteiger partial charge in [0.2, 0.25) is 11.8 Å². The van der Waals surface area contributed by atoms with Crippen LogP contribution in [-0.2, 0) is 14.4 Å². The lowest BCUT2D eigenvalue weighted by Crippen LogP contribution is -2.43. The summed E-state index contributed by atoms with van der Waals surface area (Å²) in [7, 11) is 0. The van der Waals surface area contributed by atoms with E-state index in [0.29, 0.717) is 0 Å². The Morgan fingerprint density at radius 1 is 0.931 bits per heavy atom. The molecule has 2 aromatic carbocycles. The molecule has 0 saturated carbocycles. The Labute approximate surface area is 165 Å². The fraction of sp³-hybridized carbons (Fsp3) is 0.238. The SMILES string of the molecule is O=C(O)CC(NC(=O)CCC(=O)n1c2ccccc2c2ccccc21)C(=O)CF. The fourth-order valence-electron chi connectivity index (χ4n) is 3.30. The van der Waals surface area contributed by atoms with Crippen molar-refractivity contribution in [2.24, 2.45) is 0 Å². The Morgan fingerprint density at radius 3 is 2.00 bits per heavy atom. The number of alkyl halides is 1. The molecule has 0 aliphatic heterocycles. The molecular weight excluding hydrogens is 379 g/mol. The highest BCUT2D eigenvalue weighted by molar-refractivity contribution is 6.13. The van der Waals surface area contributed by atoms with Gasteiger partial charge in [-0.1, -0.05) is 36.4 Å². The van der Waals surface area contributed by atoms with Crippen molar-refractivity contribution in [2.75, 3.05) is 6.67 Å². The van der Waals surface area contributed by atoms with Crippen molar-refractivity contribution >= 4 is 45.4 Å². The number of fused-ring (bicyclic) bond motifs is 3. The molecule has 0 aliphatic rings. The van der Waals surface area contributed by atoms with Crippen LogP contribution >= 0.6 is 0 Å². The van der Waals surface area contributed by atoms with Crippen molar-refractivity contribution in [1.82, 2.24) is 9.88 Å². The van der Waals surface area contributed by atoms with Gasteiger partial charge in [0.05, 0.1) is 17.5 Å². The second kappa shape index (κ2) is 8.64. The van der Waals surface area contributed by atoms with Crippen LogP contribution in [0.1, 0.15) is 24.1 Å². The predicted octanol–water partition coefficient (Wildman–Crippen LogP) is 2.71. The first kappa shape index (κ1) is 20.2. The van der Waals surface area contributed by atoms with Crippen LogP contribution in [0.2, 0.25) is 0 Å². The third-order valence-corrected chi connectivity index (χ3v) is 4.63. The van der Waals surface area contributed by atoms with Crippen LogP contribution in [0.25, 0.3) is 21.8 Å². The molecule has 1 heterocycles. The molecule has 150 valence electrons. The predicted molar refractivity (Wildman–Crippen MR) is 104 cm³/mol. The minimum Gasteiger partial charge on any atom is -0.481 e. The molecule has 1 unspecified atom stereocenters. The van der Waals surface area contributed by atoms with Crippen LogP contribution in [0, 0.1) is 0 Å². The monoisotopic (exact) mass is 398 g/mol. The van der Waals surface area contributed by atoms with Crippen molar-refractivity contribution in [3.05, 3.63) is 48.5 Å². The Kier molecular flexibility index (Phi) is 6.01. The Bertz CT molecular complexity index is 1050. The number of nitrogens with zero attached hydrogens (tertiary/aromatic N) is 1. The lowest BCUT2D eigenvalue weighted by Gasteiger charge is -2.14. The van der Waals surface area contributed by atoms with E-state index in [-0.39, 0.29) is 18.7 Å². The minimum atomic E-state index is -1.45. The lowest BCUT2D eigenvalue weighted by atomic mass is 10.1. The minimum absolute atomic E-state index is 0.155. The molecule has 8 heteroatoms. The second-order valence-corrected chi connectivity index (χ2v) is 6.58. The molecule has 1 amide bonds. The van der Waals surface area contributed by atoms with Crippen LogP contribution in [-0.4, -0.2) is 46.0 Å². The second-order valence-electron chi connectivity index (χ2n) is 6.58. The number of aromatic nitrogens is 1. The number of rotatable bonds is 8. The molecule has 29 heavy (non-hydrogen) atoms. The zero-order valence-corrected chi connectivity index (χ0v) is 15.4. The molecule has 3 aromatic rings. The summed E-state index contributed by atoms with van der Waals surface area (Å²) >= 11 is 0. The number of Topliss-reactive ketones (excluding diaryl/α,β-unsaturated/α-hetero) is 1. The van der Waals surface area contributed by atoms with Crippen molar-refractivity contribution in [3.8, 4) is 0 Å². The van der Waals surface area contributed by atoms with Gasteiger partial charge in [0.25, 0.3) is 0 Å². The van der Waals surface area contributed by atoms with Crippen LogP contribution in [0.5, 0.6) is 0 Å². The number of benzene rings is 2. The number of hydrogen-bond donors (Lipinski definition) is 2. The van der Waals surface area contributed by atoms with Crippen molar-refractivity contribution in [2.45, 2.75) is 25.3 Å². The van der Waals surface area contributed by atoms with E-state index in [1.807, 2.05) is 48.5 Å². The van der Waals surface area contributed by atoms with Crippen LogP contribution in [0.15, 0.2) is 48.5 Å². The zero-order valence-electron chi connectivity index (χ0n) is 15.4. The number of carbonyl (C=O) groups is 4. The van der Waals surface area contributed by atoms with Gasteiger partial charge in [0, 0.05) is 23.6 Å². The summed E-state index contributed by atoms with van der Waals surface area (Å²) in [5.74, 6) is -3.36. The summed E-state index contributed by atoms with van der Waals surface area (Å²) in [4.78, 5) is 47.2. The van der Waals surface area contributed by atoms with Crippen LogP contribution in [0.3, 0.4) is 0 Å². The smallest absolute Gasteiger partial charge is 0.305 e. The van der Waals surface area contributed by atoms with E-state index in [9.17, 15) is 23.6 Å². The lowest BCUT2D eigenvalue weighted by molar-refractivity contribution is -0.140. The highest BCUT2D eigenvalue weighted by Crippen LogP contribution is 2.28. The number of ketones is 1. The van der Waals surface area contributed by atoms with E-state index in [1.165, 1.54) is 0 Å².